The Balaban J connectivity index is 2.00. The molecule has 29 heavy (non-hydrogen) atoms. The molecular formula is C22H30N4O3. The Morgan fingerprint density at radius 2 is 2.00 bits per heavy atom. The summed E-state index contributed by atoms with van der Waals surface area (Å²) in [4.78, 5) is 28.3. The summed E-state index contributed by atoms with van der Waals surface area (Å²) in [5.74, 6) is -0.0714. The fourth-order valence-electron chi connectivity index (χ4n) is 3.71. The molecule has 1 heterocycles. The lowest BCUT2D eigenvalue weighted by atomic mass is 9.93. The first kappa shape index (κ1) is 20.9. The van der Waals surface area contributed by atoms with Crippen molar-refractivity contribution in [3.8, 4) is 0 Å². The van der Waals surface area contributed by atoms with Gasteiger partial charge in [-0.1, -0.05) is 6.07 Å². The third-order valence-corrected chi connectivity index (χ3v) is 5.38. The van der Waals surface area contributed by atoms with Crippen molar-refractivity contribution in [2.75, 3.05) is 16.3 Å². The number of carbonyl (C=O) groups excluding carboxylic acids is 2. The summed E-state index contributed by atoms with van der Waals surface area (Å²) in [6, 6.07) is 5.89. The number of hydrogen-bond donors (Lipinski definition) is 2. The van der Waals surface area contributed by atoms with Gasteiger partial charge < -0.3 is 20.4 Å². The van der Waals surface area contributed by atoms with E-state index in [0.717, 1.165) is 24.0 Å². The number of fused-ring (bicyclic) bond motifs is 1. The molecule has 0 spiro atoms. The van der Waals surface area contributed by atoms with Gasteiger partial charge in [0, 0.05) is 37.5 Å². The second-order valence-electron chi connectivity index (χ2n) is 8.02. The van der Waals surface area contributed by atoms with E-state index in [0.29, 0.717) is 24.0 Å². The molecule has 1 aliphatic heterocycles. The van der Waals surface area contributed by atoms with Gasteiger partial charge in [-0.25, -0.2) is 4.79 Å². The molecule has 3 rings (SSSR count). The topological polar surface area (TPSA) is 85.7 Å². The Morgan fingerprint density at radius 1 is 1.28 bits per heavy atom. The summed E-state index contributed by atoms with van der Waals surface area (Å²) in [5.41, 5.74) is 2.84. The van der Waals surface area contributed by atoms with E-state index in [-0.39, 0.29) is 18.1 Å². The zero-order valence-electron chi connectivity index (χ0n) is 17.6. The number of hydrogen-bond acceptors (Lipinski definition) is 5. The fourth-order valence-corrected chi connectivity index (χ4v) is 3.71. The molecule has 156 valence electrons. The van der Waals surface area contributed by atoms with Gasteiger partial charge in [0.25, 0.3) is 0 Å². The molecule has 7 heteroatoms. The second-order valence-corrected chi connectivity index (χ2v) is 8.02. The highest BCUT2D eigenvalue weighted by molar-refractivity contribution is 6.10. The summed E-state index contributed by atoms with van der Waals surface area (Å²) >= 11 is 0. The normalized spacial score (nSPS) is 19.5. The van der Waals surface area contributed by atoms with Crippen LogP contribution in [-0.2, 0) is 9.53 Å². The summed E-state index contributed by atoms with van der Waals surface area (Å²) in [6.07, 6.45) is 6.02. The Kier molecular flexibility index (Phi) is 6.25. The van der Waals surface area contributed by atoms with Crippen LogP contribution in [0.4, 0.5) is 16.2 Å². The van der Waals surface area contributed by atoms with Crippen molar-refractivity contribution < 1.29 is 14.3 Å². The molecule has 0 aromatic heterocycles. The molecule has 2 N–H and O–H groups in total. The van der Waals surface area contributed by atoms with E-state index in [1.54, 1.807) is 9.80 Å². The van der Waals surface area contributed by atoms with E-state index in [2.05, 4.69) is 5.32 Å². The number of ether oxygens (including phenoxy) is 1. The van der Waals surface area contributed by atoms with Gasteiger partial charge in [-0.3, -0.25) is 9.69 Å². The number of anilines is 2. The number of allylic oxidation sites excluding steroid dienone is 1. The number of nitrogens with zero attached hydrogens (tertiary/aromatic N) is 2. The molecular weight excluding hydrogens is 368 g/mol. The van der Waals surface area contributed by atoms with Crippen LogP contribution in [0.5, 0.6) is 0 Å². The average molecular weight is 399 g/mol. The van der Waals surface area contributed by atoms with Crippen LogP contribution in [0.1, 0.15) is 52.5 Å². The lowest BCUT2D eigenvalue weighted by Crippen LogP contribution is -2.51. The smallest absolute Gasteiger partial charge is 0.414 e. The van der Waals surface area contributed by atoms with E-state index in [4.69, 9.17) is 10.1 Å². The van der Waals surface area contributed by atoms with Crippen LogP contribution in [0, 0.1) is 5.41 Å². The maximum absolute atomic E-state index is 12.7. The van der Waals surface area contributed by atoms with Crippen LogP contribution in [-0.4, -0.2) is 42.9 Å². The maximum Gasteiger partial charge on any atom is 0.414 e. The van der Waals surface area contributed by atoms with Crippen LogP contribution in [0.25, 0.3) is 5.57 Å². The molecule has 0 saturated heterocycles. The SMILES string of the molecule is CC(=O)N1c2ccc(/C(C=N)=C/NC3CCC3)cc2N(C(=O)OC(C)C)CC1C. The van der Waals surface area contributed by atoms with E-state index < -0.39 is 6.09 Å². The maximum atomic E-state index is 12.7. The molecule has 1 aliphatic carbocycles. The number of amides is 2. The van der Waals surface area contributed by atoms with Crippen LogP contribution in [0.2, 0.25) is 0 Å². The first-order valence-corrected chi connectivity index (χ1v) is 10.2. The van der Waals surface area contributed by atoms with Gasteiger partial charge in [0.2, 0.25) is 5.91 Å². The highest BCUT2D eigenvalue weighted by atomic mass is 16.6. The minimum absolute atomic E-state index is 0.0714. The van der Waals surface area contributed by atoms with E-state index in [9.17, 15) is 9.59 Å². The molecule has 7 nitrogen and oxygen atoms in total. The predicted molar refractivity (Wildman–Crippen MR) is 116 cm³/mol. The molecule has 1 fully saturated rings. The highest BCUT2D eigenvalue weighted by Gasteiger charge is 2.34. The molecule has 0 bridgehead atoms. The zero-order chi connectivity index (χ0) is 21.1. The van der Waals surface area contributed by atoms with E-state index >= 15 is 0 Å². The highest BCUT2D eigenvalue weighted by Crippen LogP contribution is 2.38. The van der Waals surface area contributed by atoms with Crippen LogP contribution < -0.4 is 15.1 Å². The van der Waals surface area contributed by atoms with Crippen molar-refractivity contribution in [2.24, 2.45) is 0 Å². The number of carbonyl (C=O) groups is 2. The fraction of sp³-hybridized carbons (Fsp3) is 0.500. The Bertz CT molecular complexity index is 829. The predicted octanol–water partition coefficient (Wildman–Crippen LogP) is 3.93. The molecule has 0 radical (unpaired) electrons. The molecule has 1 saturated carbocycles. The van der Waals surface area contributed by atoms with Crippen molar-refractivity contribution in [1.82, 2.24) is 5.32 Å². The van der Waals surface area contributed by atoms with E-state index in [1.807, 2.05) is 45.2 Å². The minimum Gasteiger partial charge on any atom is -0.446 e. The van der Waals surface area contributed by atoms with Crippen molar-refractivity contribution in [2.45, 2.75) is 65.1 Å². The lowest BCUT2D eigenvalue weighted by molar-refractivity contribution is -0.117. The first-order valence-electron chi connectivity index (χ1n) is 10.2. The van der Waals surface area contributed by atoms with Crippen molar-refractivity contribution in [1.29, 1.82) is 5.41 Å². The Morgan fingerprint density at radius 3 is 2.55 bits per heavy atom. The van der Waals surface area contributed by atoms with Crippen LogP contribution in [0.15, 0.2) is 24.4 Å². The van der Waals surface area contributed by atoms with Crippen molar-refractivity contribution in [3.05, 3.63) is 30.0 Å². The minimum atomic E-state index is -0.429. The summed E-state index contributed by atoms with van der Waals surface area (Å²) in [5, 5.41) is 11.2. The van der Waals surface area contributed by atoms with Gasteiger partial charge >= 0.3 is 6.09 Å². The quantitative estimate of drug-likeness (QED) is 0.736. The number of benzene rings is 1. The molecule has 1 aromatic carbocycles. The molecule has 1 atom stereocenters. The first-order chi connectivity index (χ1) is 13.8. The molecule has 1 unspecified atom stereocenters. The van der Waals surface area contributed by atoms with E-state index in [1.165, 1.54) is 19.6 Å². The van der Waals surface area contributed by atoms with Crippen molar-refractivity contribution in [3.63, 3.8) is 0 Å². The molecule has 1 aromatic rings. The molecule has 2 aliphatic rings. The molecule has 2 amide bonds. The van der Waals surface area contributed by atoms with Crippen LogP contribution >= 0.6 is 0 Å². The van der Waals surface area contributed by atoms with Gasteiger partial charge in [-0.15, -0.1) is 0 Å². The van der Waals surface area contributed by atoms with Gasteiger partial charge in [-0.05, 0) is 57.7 Å². The standard InChI is InChI=1S/C22H30N4O3/c1-14(2)29-22(28)25-13-15(3)26(16(4)27)20-9-8-17(10-21(20)25)18(11-23)12-24-19-6-5-7-19/h8-12,14-15,19,23-24H,5-7,13H2,1-4H3/b18-12+,23-11?. The third kappa shape index (κ3) is 4.44. The summed E-state index contributed by atoms with van der Waals surface area (Å²) < 4.78 is 5.43. The van der Waals surface area contributed by atoms with Gasteiger partial charge in [-0.2, -0.15) is 0 Å². The third-order valence-electron chi connectivity index (χ3n) is 5.38. The monoisotopic (exact) mass is 398 g/mol. The largest absolute Gasteiger partial charge is 0.446 e. The Hall–Kier alpha value is -2.83. The van der Waals surface area contributed by atoms with Gasteiger partial charge in [0.1, 0.15) is 0 Å². The van der Waals surface area contributed by atoms with Gasteiger partial charge in [0.05, 0.1) is 23.5 Å². The van der Waals surface area contributed by atoms with Crippen LogP contribution in [0.3, 0.4) is 0 Å². The average Bonchev–Trinajstić information content (AvgIpc) is 2.61. The zero-order valence-corrected chi connectivity index (χ0v) is 17.6. The summed E-state index contributed by atoms with van der Waals surface area (Å²) in [6.45, 7) is 7.42. The lowest BCUT2D eigenvalue weighted by Gasteiger charge is -2.40. The second kappa shape index (κ2) is 8.68. The van der Waals surface area contributed by atoms with Gasteiger partial charge in [0.15, 0.2) is 0 Å². The number of nitrogens with one attached hydrogen (secondary N) is 2. The number of rotatable bonds is 5. The Labute approximate surface area is 172 Å². The van der Waals surface area contributed by atoms with Crippen molar-refractivity contribution >= 4 is 35.2 Å². The summed E-state index contributed by atoms with van der Waals surface area (Å²) in [7, 11) is 0.